The summed E-state index contributed by atoms with van der Waals surface area (Å²) in [5, 5.41) is 3.27. The quantitative estimate of drug-likeness (QED) is 0.758. The minimum Gasteiger partial charge on any atom is -0.439 e. The summed E-state index contributed by atoms with van der Waals surface area (Å²) < 4.78 is 6.96. The maximum atomic E-state index is 5.83. The van der Waals surface area contributed by atoms with E-state index in [4.69, 9.17) is 4.74 Å². The molecule has 1 aromatic carbocycles. The fourth-order valence-electron chi connectivity index (χ4n) is 1.68. The van der Waals surface area contributed by atoms with E-state index in [-0.39, 0.29) is 0 Å². The average Bonchev–Trinajstić information content (AvgIpc) is 2.45. The van der Waals surface area contributed by atoms with Crippen molar-refractivity contribution in [2.75, 3.05) is 11.9 Å². The average molecular weight is 383 g/mol. The standard InChI is InChI=1S/C15H18IN3O/c1-3-8-17-14-10-15(19-13(4-2)18-14)20-12-7-5-6-11(16)9-12/h5-7,9-10H,3-4,8H2,1-2H3,(H,17,18,19). The van der Waals surface area contributed by atoms with Crippen molar-refractivity contribution in [3.05, 3.63) is 39.7 Å². The number of aromatic nitrogens is 2. The predicted octanol–water partition coefficient (Wildman–Crippen LogP) is 4.26. The summed E-state index contributed by atoms with van der Waals surface area (Å²) in [5.41, 5.74) is 0. The molecule has 0 aliphatic rings. The second-order valence-electron chi connectivity index (χ2n) is 4.35. The number of ether oxygens (including phenoxy) is 1. The summed E-state index contributed by atoms with van der Waals surface area (Å²) in [7, 11) is 0. The number of benzene rings is 1. The first-order valence-corrected chi connectivity index (χ1v) is 7.84. The van der Waals surface area contributed by atoms with E-state index in [0.29, 0.717) is 5.88 Å². The Bertz CT molecular complexity index is 575. The minimum atomic E-state index is 0.581. The molecule has 0 radical (unpaired) electrons. The lowest BCUT2D eigenvalue weighted by Crippen LogP contribution is -2.05. The number of anilines is 1. The van der Waals surface area contributed by atoms with Gasteiger partial charge in [-0.2, -0.15) is 4.98 Å². The molecule has 4 nitrogen and oxygen atoms in total. The zero-order valence-corrected chi connectivity index (χ0v) is 13.8. The van der Waals surface area contributed by atoms with E-state index < -0.39 is 0 Å². The lowest BCUT2D eigenvalue weighted by Gasteiger charge is -2.10. The molecule has 2 rings (SSSR count). The van der Waals surface area contributed by atoms with Crippen molar-refractivity contribution >= 4 is 28.4 Å². The molecule has 20 heavy (non-hydrogen) atoms. The topological polar surface area (TPSA) is 47.0 Å². The Morgan fingerprint density at radius 3 is 2.75 bits per heavy atom. The summed E-state index contributed by atoms with van der Waals surface area (Å²) in [4.78, 5) is 8.85. The molecule has 1 N–H and O–H groups in total. The first-order chi connectivity index (χ1) is 9.71. The number of nitrogens with one attached hydrogen (secondary N) is 1. The van der Waals surface area contributed by atoms with Crippen molar-refractivity contribution in [2.24, 2.45) is 0 Å². The molecule has 2 aromatic rings. The Morgan fingerprint density at radius 1 is 1.20 bits per heavy atom. The SMILES string of the molecule is CCCNc1cc(Oc2cccc(I)c2)nc(CC)n1. The normalized spacial score (nSPS) is 10.3. The molecule has 0 amide bonds. The second kappa shape index (κ2) is 7.42. The number of hydrogen-bond acceptors (Lipinski definition) is 4. The summed E-state index contributed by atoms with van der Waals surface area (Å²) in [6.45, 7) is 5.05. The van der Waals surface area contributed by atoms with Crippen LogP contribution in [0.1, 0.15) is 26.1 Å². The van der Waals surface area contributed by atoms with Gasteiger partial charge in [0.05, 0.1) is 0 Å². The molecule has 0 aliphatic heterocycles. The van der Waals surface area contributed by atoms with Gasteiger partial charge in [0, 0.05) is 22.6 Å². The van der Waals surface area contributed by atoms with Gasteiger partial charge >= 0.3 is 0 Å². The largest absolute Gasteiger partial charge is 0.439 e. The maximum absolute atomic E-state index is 5.83. The lowest BCUT2D eigenvalue weighted by atomic mass is 10.3. The maximum Gasteiger partial charge on any atom is 0.224 e. The molecular formula is C15H18IN3O. The van der Waals surface area contributed by atoms with Crippen molar-refractivity contribution in [3.63, 3.8) is 0 Å². The zero-order valence-electron chi connectivity index (χ0n) is 11.7. The molecule has 0 bridgehead atoms. The molecule has 0 saturated carbocycles. The van der Waals surface area contributed by atoms with Gasteiger partial charge in [0.2, 0.25) is 5.88 Å². The molecule has 0 aliphatic carbocycles. The van der Waals surface area contributed by atoms with Crippen LogP contribution in [0.4, 0.5) is 5.82 Å². The van der Waals surface area contributed by atoms with Crippen LogP contribution in [0.3, 0.4) is 0 Å². The third-order valence-electron chi connectivity index (χ3n) is 2.64. The van der Waals surface area contributed by atoms with Crippen LogP contribution in [0.25, 0.3) is 0 Å². The van der Waals surface area contributed by atoms with E-state index in [1.54, 1.807) is 0 Å². The van der Waals surface area contributed by atoms with Crippen LogP contribution in [0.2, 0.25) is 0 Å². The molecule has 0 fully saturated rings. The number of halogens is 1. The van der Waals surface area contributed by atoms with E-state index in [2.05, 4.69) is 44.8 Å². The summed E-state index contributed by atoms with van der Waals surface area (Å²) in [6, 6.07) is 9.74. The smallest absolute Gasteiger partial charge is 0.224 e. The van der Waals surface area contributed by atoms with Gasteiger partial charge in [0.1, 0.15) is 17.4 Å². The molecule has 0 atom stereocenters. The Labute approximate surface area is 133 Å². The van der Waals surface area contributed by atoms with E-state index in [9.17, 15) is 0 Å². The van der Waals surface area contributed by atoms with Crippen molar-refractivity contribution in [2.45, 2.75) is 26.7 Å². The molecular weight excluding hydrogens is 365 g/mol. The first-order valence-electron chi connectivity index (χ1n) is 6.76. The highest BCUT2D eigenvalue weighted by Crippen LogP contribution is 2.23. The van der Waals surface area contributed by atoms with Gasteiger partial charge in [-0.25, -0.2) is 4.98 Å². The van der Waals surface area contributed by atoms with Gasteiger partial charge in [-0.05, 0) is 47.2 Å². The molecule has 1 aromatic heterocycles. The highest BCUT2D eigenvalue weighted by atomic mass is 127. The van der Waals surface area contributed by atoms with Gasteiger partial charge in [-0.1, -0.05) is 19.9 Å². The van der Waals surface area contributed by atoms with Gasteiger partial charge in [-0.3, -0.25) is 0 Å². The minimum absolute atomic E-state index is 0.581. The second-order valence-corrected chi connectivity index (χ2v) is 5.59. The molecule has 106 valence electrons. The fourth-order valence-corrected chi connectivity index (χ4v) is 2.19. The first kappa shape index (κ1) is 15.0. The van der Waals surface area contributed by atoms with Crippen LogP contribution in [-0.4, -0.2) is 16.5 Å². The summed E-state index contributed by atoms with van der Waals surface area (Å²) >= 11 is 2.26. The molecule has 5 heteroatoms. The van der Waals surface area contributed by atoms with Crippen LogP contribution < -0.4 is 10.1 Å². The number of nitrogens with zero attached hydrogens (tertiary/aromatic N) is 2. The Balaban J connectivity index is 2.21. The van der Waals surface area contributed by atoms with Crippen LogP contribution >= 0.6 is 22.6 Å². The van der Waals surface area contributed by atoms with Gasteiger partial charge in [-0.15, -0.1) is 0 Å². The summed E-state index contributed by atoms with van der Waals surface area (Å²) in [6.07, 6.45) is 1.84. The molecule has 0 saturated heterocycles. The molecule has 0 unspecified atom stereocenters. The Morgan fingerprint density at radius 2 is 2.05 bits per heavy atom. The monoisotopic (exact) mass is 383 g/mol. The highest BCUT2D eigenvalue weighted by Gasteiger charge is 2.05. The molecule has 1 heterocycles. The van der Waals surface area contributed by atoms with Gasteiger partial charge in [0.15, 0.2) is 0 Å². The third kappa shape index (κ3) is 4.33. The van der Waals surface area contributed by atoms with Crippen molar-refractivity contribution in [3.8, 4) is 11.6 Å². The number of hydrogen-bond donors (Lipinski definition) is 1. The van der Waals surface area contributed by atoms with E-state index in [1.807, 2.05) is 37.3 Å². The fraction of sp³-hybridized carbons (Fsp3) is 0.333. The summed E-state index contributed by atoms with van der Waals surface area (Å²) in [5.74, 6) is 2.97. The van der Waals surface area contributed by atoms with Crippen molar-refractivity contribution < 1.29 is 4.74 Å². The lowest BCUT2D eigenvalue weighted by molar-refractivity contribution is 0.459. The van der Waals surface area contributed by atoms with E-state index in [0.717, 1.165) is 40.3 Å². The van der Waals surface area contributed by atoms with Crippen LogP contribution in [0, 0.1) is 3.57 Å². The number of aryl methyl sites for hydroxylation is 1. The van der Waals surface area contributed by atoms with E-state index in [1.165, 1.54) is 0 Å². The number of rotatable bonds is 6. The van der Waals surface area contributed by atoms with Crippen LogP contribution in [-0.2, 0) is 6.42 Å². The molecule has 0 spiro atoms. The highest BCUT2D eigenvalue weighted by molar-refractivity contribution is 14.1. The van der Waals surface area contributed by atoms with Crippen molar-refractivity contribution in [1.29, 1.82) is 0 Å². The van der Waals surface area contributed by atoms with Crippen molar-refractivity contribution in [1.82, 2.24) is 9.97 Å². The third-order valence-corrected chi connectivity index (χ3v) is 3.31. The predicted molar refractivity (Wildman–Crippen MR) is 89.4 cm³/mol. The van der Waals surface area contributed by atoms with E-state index >= 15 is 0 Å². The van der Waals surface area contributed by atoms with Crippen LogP contribution in [0.5, 0.6) is 11.6 Å². The van der Waals surface area contributed by atoms with Crippen LogP contribution in [0.15, 0.2) is 30.3 Å². The zero-order chi connectivity index (χ0) is 14.4. The van der Waals surface area contributed by atoms with Gasteiger partial charge in [0.25, 0.3) is 0 Å². The Hall–Kier alpha value is -1.37. The Kier molecular flexibility index (Phi) is 5.58. The van der Waals surface area contributed by atoms with Gasteiger partial charge < -0.3 is 10.1 Å².